The van der Waals surface area contributed by atoms with Gasteiger partial charge in [-0.2, -0.15) is 0 Å². The molecular formula is C14H20N2S. The van der Waals surface area contributed by atoms with Gasteiger partial charge in [0, 0.05) is 9.79 Å². The van der Waals surface area contributed by atoms with Gasteiger partial charge in [0.05, 0.1) is 0 Å². The van der Waals surface area contributed by atoms with Gasteiger partial charge in [-0.1, -0.05) is 48.2 Å². The third kappa shape index (κ3) is 6.79. The summed E-state index contributed by atoms with van der Waals surface area (Å²) in [7, 11) is 3.00. The topological polar surface area (TPSA) is 52.0 Å². The van der Waals surface area contributed by atoms with Crippen LogP contribution in [0.25, 0.3) is 0 Å². The molecule has 0 aliphatic heterocycles. The van der Waals surface area contributed by atoms with E-state index in [2.05, 4.69) is 60.0 Å². The minimum atomic E-state index is 1.29. The van der Waals surface area contributed by atoms with Crippen LogP contribution in [-0.2, 0) is 0 Å². The van der Waals surface area contributed by atoms with Crippen molar-refractivity contribution in [3.05, 3.63) is 60.7 Å². The van der Waals surface area contributed by atoms with Crippen molar-refractivity contribution in [2.24, 2.45) is 11.5 Å². The van der Waals surface area contributed by atoms with Crippen molar-refractivity contribution in [3.8, 4) is 0 Å². The lowest BCUT2D eigenvalue weighted by Crippen LogP contribution is -1.70. The van der Waals surface area contributed by atoms with E-state index in [9.17, 15) is 0 Å². The fourth-order valence-corrected chi connectivity index (χ4v) is 1.97. The molecule has 2 rings (SSSR count). The molecule has 0 unspecified atom stereocenters. The molecule has 2 aromatic carbocycles. The molecule has 0 fully saturated rings. The predicted octanol–water partition coefficient (Wildman–Crippen LogP) is 2.99. The van der Waals surface area contributed by atoms with E-state index in [1.54, 1.807) is 11.8 Å². The molecule has 0 heterocycles. The standard InChI is InChI=1S/C12H10S.2CH5N/c1-3-7-11(8-4-1)13-12-9-5-2-6-10-12;2*1-2/h1-10H;2*2H2,1H3. The summed E-state index contributed by atoms with van der Waals surface area (Å²) >= 11 is 1.79. The first-order valence-corrected chi connectivity index (χ1v) is 6.20. The maximum atomic E-state index is 4.50. The molecule has 0 aliphatic carbocycles. The molecule has 4 N–H and O–H groups in total. The van der Waals surface area contributed by atoms with E-state index in [0.29, 0.717) is 0 Å². The van der Waals surface area contributed by atoms with E-state index >= 15 is 0 Å². The maximum Gasteiger partial charge on any atom is 0.0122 e. The van der Waals surface area contributed by atoms with Gasteiger partial charge in [-0.3, -0.25) is 0 Å². The van der Waals surface area contributed by atoms with Crippen LogP contribution in [0.3, 0.4) is 0 Å². The predicted molar refractivity (Wildman–Crippen MR) is 77.2 cm³/mol. The van der Waals surface area contributed by atoms with Crippen molar-refractivity contribution in [2.45, 2.75) is 9.79 Å². The highest BCUT2D eigenvalue weighted by atomic mass is 32.2. The fourth-order valence-electron chi connectivity index (χ4n) is 1.11. The van der Waals surface area contributed by atoms with Gasteiger partial charge >= 0.3 is 0 Å². The number of hydrogen-bond donors (Lipinski definition) is 2. The normalized spacial score (nSPS) is 8.24. The van der Waals surface area contributed by atoms with Gasteiger partial charge in [0.2, 0.25) is 0 Å². The van der Waals surface area contributed by atoms with Crippen molar-refractivity contribution in [3.63, 3.8) is 0 Å². The number of hydrogen-bond acceptors (Lipinski definition) is 3. The average molecular weight is 248 g/mol. The summed E-state index contributed by atoms with van der Waals surface area (Å²) in [6.45, 7) is 0. The van der Waals surface area contributed by atoms with Crippen LogP contribution in [0.15, 0.2) is 70.5 Å². The maximum absolute atomic E-state index is 4.50. The third-order valence-corrected chi connectivity index (χ3v) is 2.74. The molecule has 0 atom stereocenters. The highest BCUT2D eigenvalue weighted by molar-refractivity contribution is 7.99. The van der Waals surface area contributed by atoms with Crippen LogP contribution in [-0.4, -0.2) is 14.1 Å². The summed E-state index contributed by atoms with van der Waals surface area (Å²) in [5.41, 5.74) is 9.00. The summed E-state index contributed by atoms with van der Waals surface area (Å²) in [6, 6.07) is 20.8. The summed E-state index contributed by atoms with van der Waals surface area (Å²) in [6.07, 6.45) is 0. The van der Waals surface area contributed by atoms with Crippen LogP contribution >= 0.6 is 11.8 Å². The van der Waals surface area contributed by atoms with Gasteiger partial charge < -0.3 is 11.5 Å². The first-order chi connectivity index (χ1) is 8.45. The second kappa shape index (κ2) is 11.2. The fraction of sp³-hybridized carbons (Fsp3) is 0.143. The lowest BCUT2D eigenvalue weighted by atomic mass is 10.4. The second-order valence-corrected chi connectivity index (χ2v) is 3.88. The molecule has 0 saturated carbocycles. The van der Waals surface area contributed by atoms with Gasteiger partial charge in [0.15, 0.2) is 0 Å². The highest BCUT2D eigenvalue weighted by Crippen LogP contribution is 2.26. The Kier molecular flexibility index (Phi) is 10.4. The summed E-state index contributed by atoms with van der Waals surface area (Å²) < 4.78 is 0. The molecule has 0 amide bonds. The van der Waals surface area contributed by atoms with Crippen molar-refractivity contribution >= 4 is 11.8 Å². The monoisotopic (exact) mass is 248 g/mol. The first-order valence-electron chi connectivity index (χ1n) is 5.38. The van der Waals surface area contributed by atoms with Gasteiger partial charge in [-0.15, -0.1) is 0 Å². The zero-order valence-electron chi connectivity index (χ0n) is 10.3. The quantitative estimate of drug-likeness (QED) is 0.859. The van der Waals surface area contributed by atoms with E-state index in [4.69, 9.17) is 0 Å². The Hall–Kier alpha value is -1.29. The zero-order valence-corrected chi connectivity index (χ0v) is 11.2. The SMILES string of the molecule is CN.CN.c1ccc(Sc2ccccc2)cc1. The Morgan fingerprint density at radius 3 is 1.18 bits per heavy atom. The van der Waals surface area contributed by atoms with E-state index in [1.165, 1.54) is 23.9 Å². The molecule has 92 valence electrons. The van der Waals surface area contributed by atoms with Crippen LogP contribution < -0.4 is 11.5 Å². The van der Waals surface area contributed by atoms with Crippen molar-refractivity contribution in [2.75, 3.05) is 14.1 Å². The van der Waals surface area contributed by atoms with Crippen LogP contribution in [0.2, 0.25) is 0 Å². The molecule has 0 spiro atoms. The number of nitrogens with two attached hydrogens (primary N) is 2. The van der Waals surface area contributed by atoms with E-state index < -0.39 is 0 Å². The van der Waals surface area contributed by atoms with Gasteiger partial charge in [-0.25, -0.2) is 0 Å². The molecule has 0 aromatic heterocycles. The molecule has 0 saturated heterocycles. The molecule has 17 heavy (non-hydrogen) atoms. The first kappa shape index (κ1) is 15.7. The average Bonchev–Trinajstić information content (AvgIpc) is 2.45. The molecule has 2 nitrogen and oxygen atoms in total. The smallest absolute Gasteiger partial charge is 0.0122 e. The van der Waals surface area contributed by atoms with Gasteiger partial charge in [0.1, 0.15) is 0 Å². The minimum absolute atomic E-state index is 1.29. The van der Waals surface area contributed by atoms with Crippen molar-refractivity contribution < 1.29 is 0 Å². The Labute approximate surface area is 108 Å². The Morgan fingerprint density at radius 2 is 0.882 bits per heavy atom. The largest absolute Gasteiger partial charge is 0.333 e. The number of benzene rings is 2. The van der Waals surface area contributed by atoms with Crippen LogP contribution in [0, 0.1) is 0 Å². The second-order valence-electron chi connectivity index (χ2n) is 2.73. The van der Waals surface area contributed by atoms with Crippen molar-refractivity contribution in [1.82, 2.24) is 0 Å². The van der Waals surface area contributed by atoms with E-state index in [-0.39, 0.29) is 0 Å². The molecule has 2 aromatic rings. The molecular weight excluding hydrogens is 228 g/mol. The van der Waals surface area contributed by atoms with E-state index in [1.807, 2.05) is 12.1 Å². The highest BCUT2D eigenvalue weighted by Gasteiger charge is 1.93. The molecule has 0 radical (unpaired) electrons. The van der Waals surface area contributed by atoms with Crippen LogP contribution in [0.1, 0.15) is 0 Å². The molecule has 0 aliphatic rings. The number of rotatable bonds is 2. The Balaban J connectivity index is 0.000000581. The Morgan fingerprint density at radius 1 is 0.588 bits per heavy atom. The minimum Gasteiger partial charge on any atom is -0.333 e. The lowest BCUT2D eigenvalue weighted by molar-refractivity contribution is 1.41. The zero-order chi connectivity index (χ0) is 12.9. The summed E-state index contributed by atoms with van der Waals surface area (Å²) in [4.78, 5) is 2.57. The summed E-state index contributed by atoms with van der Waals surface area (Å²) in [5, 5.41) is 0. The van der Waals surface area contributed by atoms with Crippen LogP contribution in [0.4, 0.5) is 0 Å². The van der Waals surface area contributed by atoms with Gasteiger partial charge in [0.25, 0.3) is 0 Å². The van der Waals surface area contributed by atoms with Crippen molar-refractivity contribution in [1.29, 1.82) is 0 Å². The molecule has 3 heteroatoms. The summed E-state index contributed by atoms with van der Waals surface area (Å²) in [5.74, 6) is 0. The van der Waals surface area contributed by atoms with Crippen LogP contribution in [0.5, 0.6) is 0 Å². The lowest BCUT2D eigenvalue weighted by Gasteiger charge is -1.99. The Bertz CT molecular complexity index is 325. The van der Waals surface area contributed by atoms with E-state index in [0.717, 1.165) is 0 Å². The molecule has 0 bridgehead atoms. The van der Waals surface area contributed by atoms with Gasteiger partial charge in [-0.05, 0) is 38.4 Å². The third-order valence-electron chi connectivity index (χ3n) is 1.72.